The maximum atomic E-state index is 12.2. The number of aromatic nitrogens is 1. The van der Waals surface area contributed by atoms with Gasteiger partial charge in [-0.05, 0) is 184 Å². The maximum absolute atomic E-state index is 12.2. The molecule has 0 saturated heterocycles. The molecule has 6 heteroatoms. The Morgan fingerprint density at radius 1 is 0.352 bits per heavy atom. The molecule has 2 aromatic heterocycles. The summed E-state index contributed by atoms with van der Waals surface area (Å²) in [7, 11) is 0. The Labute approximate surface area is 641 Å². The predicted molar refractivity (Wildman–Crippen MR) is 466 cm³/mol. The van der Waals surface area contributed by atoms with Gasteiger partial charge in [0.05, 0.1) is 37.9 Å². The van der Waals surface area contributed by atoms with Gasteiger partial charge in [-0.3, -0.25) is 0 Å². The van der Waals surface area contributed by atoms with Gasteiger partial charge in [-0.25, -0.2) is 0 Å². The zero-order valence-electron chi connectivity index (χ0n) is 65.2. The van der Waals surface area contributed by atoms with E-state index in [4.69, 9.17) is 0 Å². The highest BCUT2D eigenvalue weighted by Crippen LogP contribution is 2.58. The summed E-state index contributed by atoms with van der Waals surface area (Å²) < 4.78 is 39.6. The number of hydrogen-bond acceptors (Lipinski definition) is 4. The summed E-state index contributed by atoms with van der Waals surface area (Å²) in [6.07, 6.45) is 0. The number of para-hydroxylation sites is 3. The molecule has 0 amide bonds. The molecule has 16 aromatic carbocycles. The number of rotatable bonds is 10. The van der Waals surface area contributed by atoms with E-state index in [2.05, 4.69) is 391 Å². The molecule has 0 fully saturated rings. The van der Waals surface area contributed by atoms with Crippen molar-refractivity contribution in [1.82, 2.24) is 4.57 Å². The molecule has 0 bridgehead atoms. The van der Waals surface area contributed by atoms with E-state index in [1.54, 1.807) is 11.3 Å². The predicted octanol–water partition coefficient (Wildman–Crippen LogP) is 27.0. The minimum Gasteiger partial charge on any atom is -0.310 e. The van der Waals surface area contributed by atoms with Crippen molar-refractivity contribution in [1.29, 1.82) is 0 Å². The Kier molecular flexibility index (Phi) is 14.2. The van der Waals surface area contributed by atoms with E-state index in [0.29, 0.717) is 16.8 Å². The Balaban J connectivity index is 1.03. The van der Waals surface area contributed by atoms with E-state index in [1.807, 2.05) is 0 Å². The molecule has 108 heavy (non-hydrogen) atoms. The van der Waals surface area contributed by atoms with Crippen LogP contribution in [0.1, 0.15) is 83.1 Å². The SMILES string of the molecule is [2H]c1c([2H])c(-n2c3ccccc3c3cc4ccc5cccc6ccc(c4c56)c32)c([2H])c2c1B1c3sc4cc(C(C)(C)C)ccc4c3N(c3c(-c4ccccc4)cc(C(C)(C)C)cc3-c3ccccc3)c3cc(N(c4ccccc4)c4ccccc4)cc(c31)N2c1c(-c2ccccc2)cc(C(C)(C)C)cc1-c1ccccc1. The van der Waals surface area contributed by atoms with Crippen molar-refractivity contribution in [3.8, 4) is 50.2 Å². The van der Waals surface area contributed by atoms with Crippen molar-refractivity contribution in [2.24, 2.45) is 0 Å². The van der Waals surface area contributed by atoms with Crippen LogP contribution in [0.5, 0.6) is 0 Å². The van der Waals surface area contributed by atoms with Gasteiger partial charge in [0.2, 0.25) is 0 Å². The van der Waals surface area contributed by atoms with Gasteiger partial charge in [0.15, 0.2) is 0 Å². The normalized spacial score (nSPS) is 13.4. The first kappa shape index (κ1) is 62.0. The number of nitrogens with zero attached hydrogens (tertiary/aromatic N) is 4. The molecule has 0 radical (unpaired) electrons. The van der Waals surface area contributed by atoms with Crippen LogP contribution >= 0.6 is 11.3 Å². The zero-order valence-corrected chi connectivity index (χ0v) is 63.0. The van der Waals surface area contributed by atoms with Crippen molar-refractivity contribution >= 4 is 149 Å². The van der Waals surface area contributed by atoms with E-state index in [-0.39, 0.29) is 34.4 Å². The van der Waals surface area contributed by atoms with E-state index < -0.39 is 6.71 Å². The van der Waals surface area contributed by atoms with Gasteiger partial charge in [0.1, 0.15) is 0 Å². The third kappa shape index (κ3) is 10.4. The Hall–Kier alpha value is -12.2. The first-order chi connectivity index (χ1) is 53.8. The molecule has 4 heterocycles. The van der Waals surface area contributed by atoms with Gasteiger partial charge in [-0.1, -0.05) is 299 Å². The van der Waals surface area contributed by atoms with Gasteiger partial charge in [0.25, 0.3) is 6.71 Å². The van der Waals surface area contributed by atoms with Crippen LogP contribution in [-0.2, 0) is 16.2 Å². The lowest BCUT2D eigenvalue weighted by atomic mass is 9.36. The highest BCUT2D eigenvalue weighted by atomic mass is 32.1. The molecule has 0 unspecified atom stereocenters. The van der Waals surface area contributed by atoms with Gasteiger partial charge in [-0.15, -0.1) is 11.3 Å². The first-order valence-electron chi connectivity index (χ1n) is 39.3. The molecule has 0 atom stereocenters. The summed E-state index contributed by atoms with van der Waals surface area (Å²) in [4.78, 5) is 7.47. The van der Waals surface area contributed by atoms with Crippen LogP contribution in [0.2, 0.25) is 0 Å². The van der Waals surface area contributed by atoms with Crippen LogP contribution in [0.3, 0.4) is 0 Å². The smallest absolute Gasteiger partial charge is 0.264 e. The second-order valence-electron chi connectivity index (χ2n) is 32.6. The Bertz CT molecular complexity index is 6620. The average molecular weight is 1410 g/mol. The maximum Gasteiger partial charge on any atom is 0.264 e. The largest absolute Gasteiger partial charge is 0.310 e. The number of benzene rings is 16. The molecular formula is C102H81BN4S. The first-order valence-corrected chi connectivity index (χ1v) is 38.7. The molecule has 0 aliphatic carbocycles. The summed E-state index contributed by atoms with van der Waals surface area (Å²) in [5, 5.41) is 9.88. The summed E-state index contributed by atoms with van der Waals surface area (Å²) in [5.74, 6) is 0. The van der Waals surface area contributed by atoms with Gasteiger partial charge < -0.3 is 19.3 Å². The molecule has 18 aromatic rings. The summed E-state index contributed by atoms with van der Waals surface area (Å²) in [6, 6.07) is 113. The third-order valence-electron chi connectivity index (χ3n) is 22.8. The van der Waals surface area contributed by atoms with Crippen LogP contribution in [0.15, 0.2) is 328 Å². The Morgan fingerprint density at radius 3 is 1.34 bits per heavy atom. The number of anilines is 9. The van der Waals surface area contributed by atoms with Crippen LogP contribution in [0.25, 0.3) is 114 Å². The van der Waals surface area contributed by atoms with Crippen molar-refractivity contribution in [2.45, 2.75) is 78.6 Å². The molecule has 2 aliphatic rings. The van der Waals surface area contributed by atoms with Crippen LogP contribution in [0.4, 0.5) is 51.2 Å². The third-order valence-corrected chi connectivity index (χ3v) is 24.0. The summed E-state index contributed by atoms with van der Waals surface area (Å²) >= 11 is 1.80. The highest BCUT2D eigenvalue weighted by Gasteiger charge is 2.48. The van der Waals surface area contributed by atoms with Gasteiger partial charge >= 0.3 is 0 Å². The molecule has 0 N–H and O–H groups in total. The van der Waals surface area contributed by atoms with Crippen molar-refractivity contribution < 1.29 is 4.11 Å². The van der Waals surface area contributed by atoms with E-state index in [0.717, 1.165) is 165 Å². The van der Waals surface area contributed by atoms with Gasteiger partial charge in [-0.2, -0.15) is 0 Å². The zero-order chi connectivity index (χ0) is 75.7. The summed E-state index contributed by atoms with van der Waals surface area (Å²) in [5.41, 5.74) is 22.8. The number of thiophene rings is 1. The molecule has 20 rings (SSSR count). The second-order valence-corrected chi connectivity index (χ2v) is 33.6. The fraction of sp³-hybridized carbons (Fsp3) is 0.118. The highest BCUT2D eigenvalue weighted by molar-refractivity contribution is 7.33. The van der Waals surface area contributed by atoms with E-state index in [1.165, 1.54) is 16.5 Å². The Morgan fingerprint density at radius 2 is 0.815 bits per heavy atom. The molecule has 0 saturated carbocycles. The lowest BCUT2D eigenvalue weighted by Crippen LogP contribution is -2.60. The van der Waals surface area contributed by atoms with E-state index >= 15 is 0 Å². The monoisotopic (exact) mass is 1410 g/mol. The fourth-order valence-electron chi connectivity index (χ4n) is 17.5. The van der Waals surface area contributed by atoms with Crippen molar-refractivity contribution in [2.75, 3.05) is 14.7 Å². The average Bonchev–Trinajstić information content (AvgIpc) is 1.67. The standard InChI is InChI=1S/C102H81BN4S/c1-100(2,3)71-50-53-79-91(60-71)108-99-98(79)107(97-83(66-35-20-12-21-36-66)58-73(102(7,8)9)59-84(97)67-37-22-13-23-38-67)90-63-77(104(74-41-24-14-25-42-74)75-43-26-15-27-44-75)62-89-94(90)103(99)86-54-51-76(105-87-46-29-28-45-78(87)85-55-70-48-47-68-39-30-40-69-49-52-80(95(85)105)93(70)92(68)69)61-88(86)106(89)96-81(64-31-16-10-17-32-64)56-72(101(4,5)6)57-82(96)65-33-18-11-19-34-65/h10-63H,1-9H3/i51D,54D,61D. The van der Waals surface area contributed by atoms with Crippen LogP contribution < -0.4 is 30.4 Å². The van der Waals surface area contributed by atoms with Crippen molar-refractivity contribution in [3.63, 3.8) is 0 Å². The molecule has 4 nitrogen and oxygen atoms in total. The second kappa shape index (κ2) is 24.7. The fourth-order valence-corrected chi connectivity index (χ4v) is 18.8. The van der Waals surface area contributed by atoms with Crippen molar-refractivity contribution in [3.05, 3.63) is 344 Å². The number of hydrogen-bond donors (Lipinski definition) is 0. The summed E-state index contributed by atoms with van der Waals surface area (Å²) in [6.45, 7) is 20.1. The van der Waals surface area contributed by atoms with Gasteiger partial charge in [0, 0.05) is 87.4 Å². The quantitative estimate of drug-likeness (QED) is 0.100. The van der Waals surface area contributed by atoms with Crippen LogP contribution in [-0.4, -0.2) is 11.3 Å². The lowest BCUT2D eigenvalue weighted by molar-refractivity contribution is 0.590. The van der Waals surface area contributed by atoms with E-state index in [9.17, 15) is 4.11 Å². The lowest BCUT2D eigenvalue weighted by Gasteiger charge is -2.46. The topological polar surface area (TPSA) is 14.7 Å². The molecular weight excluding hydrogens is 1320 g/mol. The number of fused-ring (bicyclic) bond motifs is 10. The minimum atomic E-state index is -0.701. The minimum absolute atomic E-state index is 0.0155. The van der Waals surface area contributed by atoms with Crippen LogP contribution in [0, 0.1) is 0 Å². The molecule has 0 spiro atoms. The molecule has 2 aliphatic heterocycles. The molecule has 518 valence electrons.